The number of nitrogens with zero attached hydrogens (tertiary/aromatic N) is 1. The highest BCUT2D eigenvalue weighted by atomic mass is 16.5. The molecule has 0 saturated carbocycles. The third-order valence-corrected chi connectivity index (χ3v) is 5.93. The lowest BCUT2D eigenvalue weighted by Gasteiger charge is -2.21. The number of unbranched alkanes of at least 4 members (excludes halogenated alkanes) is 1. The molecule has 2 atom stereocenters. The van der Waals surface area contributed by atoms with Crippen molar-refractivity contribution in [1.29, 1.82) is 0 Å². The Morgan fingerprint density at radius 2 is 1.63 bits per heavy atom. The number of hydrogen-bond donors (Lipinski definition) is 1. The molecule has 1 aliphatic rings. The molecule has 30 heavy (non-hydrogen) atoms. The normalized spacial score (nSPS) is 17.7. The van der Waals surface area contributed by atoms with Gasteiger partial charge in [0.25, 0.3) is 0 Å². The van der Waals surface area contributed by atoms with Crippen molar-refractivity contribution >= 4 is 0 Å². The summed E-state index contributed by atoms with van der Waals surface area (Å²) in [4.78, 5) is 2.50. The summed E-state index contributed by atoms with van der Waals surface area (Å²) < 4.78 is 11.6. The lowest BCUT2D eigenvalue weighted by molar-refractivity contribution is 0.266. The summed E-state index contributed by atoms with van der Waals surface area (Å²) in [5.41, 5.74) is 1.36. The maximum Gasteiger partial charge on any atom is 0.119 e. The summed E-state index contributed by atoms with van der Waals surface area (Å²) in [6, 6.07) is 19.8. The quantitative estimate of drug-likeness (QED) is 0.475. The fourth-order valence-electron chi connectivity index (χ4n) is 4.09. The van der Waals surface area contributed by atoms with Gasteiger partial charge in [-0.3, -0.25) is 0 Å². The Kier molecular flexibility index (Phi) is 9.52. The van der Waals surface area contributed by atoms with Crippen LogP contribution in [0.15, 0.2) is 54.6 Å². The fourth-order valence-corrected chi connectivity index (χ4v) is 4.09. The number of ether oxygens (including phenoxy) is 2. The highest BCUT2D eigenvalue weighted by Crippen LogP contribution is 2.18. The Morgan fingerprint density at radius 3 is 2.27 bits per heavy atom. The van der Waals surface area contributed by atoms with Gasteiger partial charge in [0.05, 0.1) is 13.2 Å². The molecule has 2 unspecified atom stereocenters. The molecule has 0 aliphatic carbocycles. The van der Waals surface area contributed by atoms with E-state index in [1.807, 2.05) is 30.3 Å². The SMILES string of the molecule is CC(Cc1ccc(OCCCCOc2ccccc2)cc1)NCCC1CCCN1C. The van der Waals surface area contributed by atoms with Gasteiger partial charge in [-0.15, -0.1) is 0 Å². The molecule has 0 bridgehead atoms. The van der Waals surface area contributed by atoms with Crippen molar-refractivity contribution in [3.8, 4) is 11.5 Å². The minimum absolute atomic E-state index is 0.494. The fraction of sp³-hybridized carbons (Fsp3) is 0.538. The maximum atomic E-state index is 5.87. The second-order valence-electron chi connectivity index (χ2n) is 8.49. The highest BCUT2D eigenvalue weighted by molar-refractivity contribution is 5.27. The second-order valence-corrected chi connectivity index (χ2v) is 8.49. The summed E-state index contributed by atoms with van der Waals surface area (Å²) in [5.74, 6) is 1.89. The molecule has 4 nitrogen and oxygen atoms in total. The van der Waals surface area contributed by atoms with Crippen molar-refractivity contribution in [1.82, 2.24) is 10.2 Å². The van der Waals surface area contributed by atoms with Crippen LogP contribution in [-0.4, -0.2) is 50.3 Å². The first-order valence-electron chi connectivity index (χ1n) is 11.5. The molecule has 0 spiro atoms. The molecule has 3 rings (SSSR count). The number of rotatable bonds is 13. The monoisotopic (exact) mass is 410 g/mol. The van der Waals surface area contributed by atoms with Crippen molar-refractivity contribution < 1.29 is 9.47 Å². The van der Waals surface area contributed by atoms with E-state index in [1.54, 1.807) is 0 Å². The largest absolute Gasteiger partial charge is 0.494 e. The van der Waals surface area contributed by atoms with Gasteiger partial charge < -0.3 is 19.7 Å². The number of hydrogen-bond acceptors (Lipinski definition) is 4. The average Bonchev–Trinajstić information content (AvgIpc) is 3.17. The molecular weight excluding hydrogens is 372 g/mol. The number of nitrogens with one attached hydrogen (secondary N) is 1. The number of benzene rings is 2. The Hall–Kier alpha value is -2.04. The first-order chi connectivity index (χ1) is 14.7. The molecule has 1 heterocycles. The predicted octanol–water partition coefficient (Wildman–Crippen LogP) is 4.93. The number of para-hydroxylation sites is 1. The van der Waals surface area contributed by atoms with E-state index in [0.29, 0.717) is 6.04 Å². The summed E-state index contributed by atoms with van der Waals surface area (Å²) >= 11 is 0. The lowest BCUT2D eigenvalue weighted by Crippen LogP contribution is -2.33. The van der Waals surface area contributed by atoms with E-state index in [1.165, 1.54) is 31.4 Å². The van der Waals surface area contributed by atoms with E-state index in [0.717, 1.165) is 56.6 Å². The summed E-state index contributed by atoms with van der Waals surface area (Å²) in [6.45, 7) is 6.10. The van der Waals surface area contributed by atoms with Crippen molar-refractivity contribution in [3.63, 3.8) is 0 Å². The third-order valence-electron chi connectivity index (χ3n) is 5.93. The van der Waals surface area contributed by atoms with E-state index >= 15 is 0 Å². The van der Waals surface area contributed by atoms with Gasteiger partial charge in [-0.05, 0) is 95.4 Å². The Bertz CT molecular complexity index is 705. The average molecular weight is 411 g/mol. The molecule has 0 aromatic heterocycles. The lowest BCUT2D eigenvalue weighted by atomic mass is 10.1. The van der Waals surface area contributed by atoms with E-state index < -0.39 is 0 Å². The van der Waals surface area contributed by atoms with Crippen LogP contribution in [0.3, 0.4) is 0 Å². The van der Waals surface area contributed by atoms with Gasteiger partial charge in [-0.25, -0.2) is 0 Å². The van der Waals surface area contributed by atoms with E-state index in [2.05, 4.69) is 48.5 Å². The summed E-state index contributed by atoms with van der Waals surface area (Å²) in [7, 11) is 2.25. The molecule has 1 fully saturated rings. The molecule has 0 radical (unpaired) electrons. The molecular formula is C26H38N2O2. The maximum absolute atomic E-state index is 5.87. The van der Waals surface area contributed by atoms with Gasteiger partial charge in [0.2, 0.25) is 0 Å². The first-order valence-corrected chi connectivity index (χ1v) is 11.5. The first kappa shape index (κ1) is 22.6. The Labute approximate surface area is 182 Å². The number of likely N-dealkylation sites (tertiary alicyclic amines) is 1. The van der Waals surface area contributed by atoms with Gasteiger partial charge in [0.1, 0.15) is 11.5 Å². The summed E-state index contributed by atoms with van der Waals surface area (Å²) in [6.07, 6.45) is 7.00. The van der Waals surface area contributed by atoms with Crippen LogP contribution in [0.5, 0.6) is 11.5 Å². The Balaban J connectivity index is 1.25. The van der Waals surface area contributed by atoms with Gasteiger partial charge in [-0.1, -0.05) is 30.3 Å². The van der Waals surface area contributed by atoms with Crippen LogP contribution in [-0.2, 0) is 6.42 Å². The molecule has 1 saturated heterocycles. The van der Waals surface area contributed by atoms with E-state index in [4.69, 9.17) is 9.47 Å². The third kappa shape index (κ3) is 8.00. The van der Waals surface area contributed by atoms with Gasteiger partial charge >= 0.3 is 0 Å². The van der Waals surface area contributed by atoms with Crippen molar-refractivity contribution in [2.45, 2.75) is 57.5 Å². The zero-order valence-electron chi connectivity index (χ0n) is 18.7. The van der Waals surface area contributed by atoms with Crippen molar-refractivity contribution in [2.75, 3.05) is 33.4 Å². The van der Waals surface area contributed by atoms with Crippen LogP contribution in [0.2, 0.25) is 0 Å². The van der Waals surface area contributed by atoms with Crippen LogP contribution in [0, 0.1) is 0 Å². The van der Waals surface area contributed by atoms with E-state index in [9.17, 15) is 0 Å². The predicted molar refractivity (Wildman–Crippen MR) is 125 cm³/mol. The molecule has 164 valence electrons. The van der Waals surface area contributed by atoms with Gasteiger partial charge in [-0.2, -0.15) is 0 Å². The van der Waals surface area contributed by atoms with Crippen LogP contribution in [0.1, 0.15) is 44.6 Å². The zero-order valence-corrected chi connectivity index (χ0v) is 18.7. The van der Waals surface area contributed by atoms with Crippen molar-refractivity contribution in [3.05, 3.63) is 60.2 Å². The van der Waals surface area contributed by atoms with Crippen LogP contribution in [0.25, 0.3) is 0 Å². The van der Waals surface area contributed by atoms with Crippen LogP contribution < -0.4 is 14.8 Å². The smallest absolute Gasteiger partial charge is 0.119 e. The molecule has 0 amide bonds. The van der Waals surface area contributed by atoms with Crippen LogP contribution >= 0.6 is 0 Å². The minimum atomic E-state index is 0.494. The molecule has 2 aromatic carbocycles. The molecule has 2 aromatic rings. The van der Waals surface area contributed by atoms with Gasteiger partial charge in [0, 0.05) is 12.1 Å². The zero-order chi connectivity index (χ0) is 21.0. The van der Waals surface area contributed by atoms with Crippen molar-refractivity contribution in [2.24, 2.45) is 0 Å². The van der Waals surface area contributed by atoms with E-state index in [-0.39, 0.29) is 0 Å². The topological polar surface area (TPSA) is 33.7 Å². The summed E-state index contributed by atoms with van der Waals surface area (Å²) in [5, 5.41) is 3.69. The van der Waals surface area contributed by atoms with Crippen LogP contribution in [0.4, 0.5) is 0 Å². The molecule has 4 heteroatoms. The van der Waals surface area contributed by atoms with Gasteiger partial charge in [0.15, 0.2) is 0 Å². The second kappa shape index (κ2) is 12.6. The highest BCUT2D eigenvalue weighted by Gasteiger charge is 2.20. The molecule has 1 aliphatic heterocycles. The Morgan fingerprint density at radius 1 is 0.967 bits per heavy atom. The molecule has 1 N–H and O–H groups in total. The minimum Gasteiger partial charge on any atom is -0.494 e. The standard InChI is InChI=1S/C26H38N2O2/c1-22(27-17-16-24-9-8-18-28(24)2)21-23-12-14-26(15-13-23)30-20-7-6-19-29-25-10-4-3-5-11-25/h3-5,10-15,22,24,27H,6-9,16-21H2,1-2H3.